The first-order chi connectivity index (χ1) is 10.4. The average Bonchev–Trinajstić information content (AvgIpc) is 2.50. The third kappa shape index (κ3) is 6.25. The van der Waals surface area contributed by atoms with E-state index in [9.17, 15) is 4.79 Å². The fourth-order valence-corrected chi connectivity index (χ4v) is 3.19. The number of nitrogens with two attached hydrogens (primary N) is 1. The fraction of sp³-hybridized carbons (Fsp3) is 0.944. The molecule has 1 aliphatic rings. The monoisotopic (exact) mass is 311 g/mol. The normalized spacial score (nSPS) is 17.3. The molecule has 1 amide bonds. The summed E-state index contributed by atoms with van der Waals surface area (Å²) in [5.41, 5.74) is 5.65. The van der Waals surface area contributed by atoms with Gasteiger partial charge in [-0.1, -0.05) is 26.7 Å². The van der Waals surface area contributed by atoms with E-state index >= 15 is 0 Å². The first-order valence-electron chi connectivity index (χ1n) is 9.18. The fourth-order valence-electron chi connectivity index (χ4n) is 3.19. The lowest BCUT2D eigenvalue weighted by atomic mass is 9.89. The molecule has 0 bridgehead atoms. The van der Waals surface area contributed by atoms with Crippen LogP contribution in [0.1, 0.15) is 66.2 Å². The number of nitrogens with zero attached hydrogens (tertiary/aromatic N) is 2. The summed E-state index contributed by atoms with van der Waals surface area (Å²) >= 11 is 0. The summed E-state index contributed by atoms with van der Waals surface area (Å²) in [5.74, 6) is 0.303. The number of amides is 1. The summed E-state index contributed by atoms with van der Waals surface area (Å²) in [4.78, 5) is 17.4. The van der Waals surface area contributed by atoms with Crippen LogP contribution in [0.15, 0.2) is 0 Å². The van der Waals surface area contributed by atoms with E-state index < -0.39 is 0 Å². The van der Waals surface area contributed by atoms with Crippen molar-refractivity contribution >= 4 is 5.91 Å². The average molecular weight is 312 g/mol. The van der Waals surface area contributed by atoms with Gasteiger partial charge in [-0.25, -0.2) is 0 Å². The van der Waals surface area contributed by atoms with Gasteiger partial charge in [0.15, 0.2) is 0 Å². The Morgan fingerprint density at radius 1 is 1.14 bits per heavy atom. The van der Waals surface area contributed by atoms with Crippen molar-refractivity contribution in [3.8, 4) is 0 Å². The topological polar surface area (TPSA) is 49.6 Å². The minimum Gasteiger partial charge on any atom is -0.342 e. The summed E-state index contributed by atoms with van der Waals surface area (Å²) in [6, 6.07) is 0.276. The molecular formula is C18H37N3O. The molecule has 1 aliphatic heterocycles. The Kier molecular flexibility index (Phi) is 8.40. The molecule has 130 valence electrons. The molecule has 1 heterocycles. The van der Waals surface area contributed by atoms with Gasteiger partial charge in [0.1, 0.15) is 0 Å². The zero-order valence-electron chi connectivity index (χ0n) is 15.2. The third-order valence-corrected chi connectivity index (χ3v) is 4.68. The molecule has 0 aliphatic carbocycles. The van der Waals surface area contributed by atoms with E-state index in [0.29, 0.717) is 5.91 Å². The Balaban J connectivity index is 2.58. The minimum atomic E-state index is -0.303. The Morgan fingerprint density at radius 3 is 2.09 bits per heavy atom. The van der Waals surface area contributed by atoms with Crippen molar-refractivity contribution in [2.24, 2.45) is 11.1 Å². The van der Waals surface area contributed by atoms with Crippen molar-refractivity contribution in [2.45, 2.75) is 72.3 Å². The Morgan fingerprint density at radius 2 is 1.64 bits per heavy atom. The summed E-state index contributed by atoms with van der Waals surface area (Å²) in [7, 11) is 0. The van der Waals surface area contributed by atoms with Crippen LogP contribution in [-0.4, -0.2) is 54.5 Å². The zero-order valence-corrected chi connectivity index (χ0v) is 15.2. The molecule has 4 nitrogen and oxygen atoms in total. The molecule has 1 rings (SSSR count). The molecule has 1 saturated heterocycles. The highest BCUT2D eigenvalue weighted by Crippen LogP contribution is 2.23. The van der Waals surface area contributed by atoms with Crippen LogP contribution in [0.25, 0.3) is 0 Å². The van der Waals surface area contributed by atoms with E-state index in [1.807, 2.05) is 4.90 Å². The number of rotatable bonds is 9. The number of carbonyl (C=O) groups excluding carboxylic acids is 1. The number of likely N-dealkylation sites (tertiary alicyclic amines) is 1. The lowest BCUT2D eigenvalue weighted by molar-refractivity contribution is -0.142. The van der Waals surface area contributed by atoms with Crippen molar-refractivity contribution < 1.29 is 4.79 Å². The summed E-state index contributed by atoms with van der Waals surface area (Å²) in [6.07, 6.45) is 6.73. The summed E-state index contributed by atoms with van der Waals surface area (Å²) < 4.78 is 0. The molecule has 0 saturated carbocycles. The smallest absolute Gasteiger partial charge is 0.229 e. The van der Waals surface area contributed by atoms with Gasteiger partial charge in [0.2, 0.25) is 5.91 Å². The van der Waals surface area contributed by atoms with E-state index in [2.05, 4.69) is 32.6 Å². The maximum atomic E-state index is 12.9. The first kappa shape index (κ1) is 19.4. The van der Waals surface area contributed by atoms with Crippen LogP contribution in [0.4, 0.5) is 0 Å². The van der Waals surface area contributed by atoms with Crippen molar-refractivity contribution in [2.75, 3.05) is 32.7 Å². The number of hydrogen-bond acceptors (Lipinski definition) is 3. The van der Waals surface area contributed by atoms with Crippen LogP contribution in [0, 0.1) is 5.41 Å². The minimum absolute atomic E-state index is 0.276. The van der Waals surface area contributed by atoms with E-state index in [1.54, 1.807) is 0 Å². The summed E-state index contributed by atoms with van der Waals surface area (Å²) in [6.45, 7) is 13.4. The second-order valence-electron chi connectivity index (χ2n) is 7.50. The number of carbonyl (C=O) groups is 1. The molecule has 22 heavy (non-hydrogen) atoms. The van der Waals surface area contributed by atoms with Gasteiger partial charge in [0.25, 0.3) is 0 Å². The van der Waals surface area contributed by atoms with Crippen LogP contribution in [0.5, 0.6) is 0 Å². The van der Waals surface area contributed by atoms with Crippen LogP contribution in [-0.2, 0) is 4.79 Å². The highest BCUT2D eigenvalue weighted by atomic mass is 16.2. The molecule has 2 N–H and O–H groups in total. The lowest BCUT2D eigenvalue weighted by Crippen LogP contribution is -2.51. The highest BCUT2D eigenvalue weighted by molar-refractivity contribution is 5.82. The Hall–Kier alpha value is -0.610. The number of hydrogen-bond donors (Lipinski definition) is 1. The third-order valence-electron chi connectivity index (χ3n) is 4.68. The van der Waals surface area contributed by atoms with Gasteiger partial charge in [-0.3, -0.25) is 4.79 Å². The molecule has 0 unspecified atom stereocenters. The van der Waals surface area contributed by atoms with Gasteiger partial charge in [0, 0.05) is 25.7 Å². The molecule has 4 heteroatoms. The Bertz CT molecular complexity index is 314. The number of piperidine rings is 1. The van der Waals surface area contributed by atoms with Gasteiger partial charge in [0.05, 0.1) is 5.41 Å². The second kappa shape index (κ2) is 9.51. The van der Waals surface area contributed by atoms with E-state index in [1.165, 1.54) is 25.7 Å². The van der Waals surface area contributed by atoms with Crippen LogP contribution < -0.4 is 5.73 Å². The van der Waals surface area contributed by atoms with Crippen molar-refractivity contribution in [3.05, 3.63) is 0 Å². The molecule has 0 aromatic carbocycles. The molecule has 0 aromatic rings. The zero-order chi connectivity index (χ0) is 16.6. The predicted octanol–water partition coefficient (Wildman–Crippen LogP) is 2.86. The molecular weight excluding hydrogens is 274 g/mol. The van der Waals surface area contributed by atoms with Crippen LogP contribution >= 0.6 is 0 Å². The molecule has 1 fully saturated rings. The summed E-state index contributed by atoms with van der Waals surface area (Å²) in [5, 5.41) is 0. The largest absolute Gasteiger partial charge is 0.342 e. The second-order valence-corrected chi connectivity index (χ2v) is 7.50. The molecule has 0 spiro atoms. The predicted molar refractivity (Wildman–Crippen MR) is 93.8 cm³/mol. The lowest BCUT2D eigenvalue weighted by Gasteiger charge is -2.38. The maximum Gasteiger partial charge on any atom is 0.229 e. The van der Waals surface area contributed by atoms with E-state index in [4.69, 9.17) is 5.73 Å². The van der Waals surface area contributed by atoms with Crippen molar-refractivity contribution in [1.29, 1.82) is 0 Å². The van der Waals surface area contributed by atoms with Gasteiger partial charge in [-0.15, -0.1) is 0 Å². The SMILES string of the molecule is CCCCN(CCCC)CC(C)(C)C(=O)N1CCC(N)CC1. The molecule has 0 atom stereocenters. The Labute approximate surface area is 137 Å². The van der Waals surface area contributed by atoms with Crippen LogP contribution in [0.3, 0.4) is 0 Å². The molecule has 0 aromatic heterocycles. The number of unbranched alkanes of at least 4 members (excludes halogenated alkanes) is 2. The van der Waals surface area contributed by atoms with Crippen molar-refractivity contribution in [1.82, 2.24) is 9.80 Å². The van der Waals surface area contributed by atoms with Crippen LogP contribution in [0.2, 0.25) is 0 Å². The standard InChI is InChI=1S/C18H37N3O/c1-5-7-11-20(12-8-6-2)15-18(3,4)17(22)21-13-9-16(19)10-14-21/h16H,5-15,19H2,1-4H3. The van der Waals surface area contributed by atoms with Gasteiger partial charge < -0.3 is 15.5 Å². The highest BCUT2D eigenvalue weighted by Gasteiger charge is 2.34. The maximum absolute atomic E-state index is 12.9. The molecule has 0 radical (unpaired) electrons. The van der Waals surface area contributed by atoms with E-state index in [0.717, 1.165) is 45.6 Å². The van der Waals surface area contributed by atoms with Gasteiger partial charge in [-0.2, -0.15) is 0 Å². The quantitative estimate of drug-likeness (QED) is 0.712. The van der Waals surface area contributed by atoms with E-state index in [-0.39, 0.29) is 11.5 Å². The van der Waals surface area contributed by atoms with Gasteiger partial charge in [-0.05, 0) is 52.6 Å². The van der Waals surface area contributed by atoms with Gasteiger partial charge >= 0.3 is 0 Å². The first-order valence-corrected chi connectivity index (χ1v) is 9.18. The van der Waals surface area contributed by atoms with Crippen molar-refractivity contribution in [3.63, 3.8) is 0 Å².